The number of ether oxygens (including phenoxy) is 2. The lowest BCUT2D eigenvalue weighted by molar-refractivity contribution is 0.404. The molecule has 0 amide bonds. The van der Waals surface area contributed by atoms with Crippen LogP contribution in [-0.2, 0) is 0 Å². The lowest BCUT2D eigenvalue weighted by Gasteiger charge is -2.09. The van der Waals surface area contributed by atoms with E-state index in [-0.39, 0.29) is 0 Å². The number of benzene rings is 1. The summed E-state index contributed by atoms with van der Waals surface area (Å²) in [6.07, 6.45) is 1.70. The van der Waals surface area contributed by atoms with Crippen molar-refractivity contribution in [2.24, 2.45) is 0 Å². The predicted molar refractivity (Wildman–Crippen MR) is 76.2 cm³/mol. The third kappa shape index (κ3) is 2.15. The first kappa shape index (κ1) is 12.9. The van der Waals surface area contributed by atoms with Crippen LogP contribution >= 0.6 is 0 Å². The van der Waals surface area contributed by atoms with Crippen LogP contribution in [0.15, 0.2) is 36.5 Å². The molecule has 0 saturated heterocycles. The van der Waals surface area contributed by atoms with Gasteiger partial charge >= 0.3 is 0 Å². The maximum absolute atomic E-state index is 9.03. The van der Waals surface area contributed by atoms with Crippen molar-refractivity contribution in [1.29, 1.82) is 5.26 Å². The number of hydrogen-bond acceptors (Lipinski definition) is 5. The Morgan fingerprint density at radius 3 is 2.67 bits per heavy atom. The second-order valence-electron chi connectivity index (χ2n) is 4.35. The zero-order valence-electron chi connectivity index (χ0n) is 11.6. The van der Waals surface area contributed by atoms with Crippen LogP contribution < -0.4 is 9.47 Å². The van der Waals surface area contributed by atoms with Gasteiger partial charge in [0.1, 0.15) is 17.6 Å². The molecule has 3 rings (SSSR count). The molecule has 2 heterocycles. The van der Waals surface area contributed by atoms with Gasteiger partial charge < -0.3 is 9.47 Å². The van der Waals surface area contributed by atoms with Gasteiger partial charge in [-0.25, -0.2) is 0 Å². The molecule has 0 saturated carbocycles. The van der Waals surface area contributed by atoms with Gasteiger partial charge in [-0.1, -0.05) is 0 Å². The summed E-state index contributed by atoms with van der Waals surface area (Å²) >= 11 is 0. The van der Waals surface area contributed by atoms with Crippen LogP contribution in [0.2, 0.25) is 0 Å². The Morgan fingerprint density at radius 2 is 1.95 bits per heavy atom. The molecule has 21 heavy (non-hydrogen) atoms. The standard InChI is InChI=1S/C15H12N4O2/c1-20-11-4-5-13(21-2)12(7-11)15-18-17-14-6-3-10(8-16)9-19(14)15/h3-7,9H,1-2H3. The van der Waals surface area contributed by atoms with Gasteiger partial charge in [-0.3, -0.25) is 4.40 Å². The summed E-state index contributed by atoms with van der Waals surface area (Å²) in [5.41, 5.74) is 1.94. The van der Waals surface area contributed by atoms with E-state index in [1.165, 1.54) is 0 Å². The third-order valence-electron chi connectivity index (χ3n) is 3.18. The second kappa shape index (κ2) is 5.13. The number of nitrogens with zero attached hydrogens (tertiary/aromatic N) is 4. The van der Waals surface area contributed by atoms with E-state index in [0.717, 1.165) is 5.56 Å². The molecule has 0 bridgehead atoms. The smallest absolute Gasteiger partial charge is 0.172 e. The van der Waals surface area contributed by atoms with Crippen LogP contribution in [-0.4, -0.2) is 28.8 Å². The van der Waals surface area contributed by atoms with Gasteiger partial charge in [0.15, 0.2) is 11.5 Å². The molecule has 6 heteroatoms. The van der Waals surface area contributed by atoms with Crippen molar-refractivity contribution in [2.75, 3.05) is 14.2 Å². The summed E-state index contributed by atoms with van der Waals surface area (Å²) in [7, 11) is 3.19. The molecule has 0 aliphatic rings. The number of nitriles is 1. The quantitative estimate of drug-likeness (QED) is 0.736. The van der Waals surface area contributed by atoms with E-state index in [1.807, 2.05) is 18.2 Å². The third-order valence-corrected chi connectivity index (χ3v) is 3.18. The number of methoxy groups -OCH3 is 2. The van der Waals surface area contributed by atoms with E-state index in [9.17, 15) is 0 Å². The van der Waals surface area contributed by atoms with Crippen LogP contribution in [0.1, 0.15) is 5.56 Å². The Bertz CT molecular complexity index is 848. The maximum Gasteiger partial charge on any atom is 0.172 e. The molecule has 0 aliphatic heterocycles. The van der Waals surface area contributed by atoms with E-state index >= 15 is 0 Å². The Kier molecular flexibility index (Phi) is 3.16. The van der Waals surface area contributed by atoms with Crippen molar-refractivity contribution in [3.63, 3.8) is 0 Å². The number of pyridine rings is 1. The monoisotopic (exact) mass is 280 g/mol. The highest BCUT2D eigenvalue weighted by molar-refractivity contribution is 5.68. The zero-order chi connectivity index (χ0) is 14.8. The summed E-state index contributed by atoms with van der Waals surface area (Å²) in [6, 6.07) is 11.0. The van der Waals surface area contributed by atoms with Crippen molar-refractivity contribution in [3.8, 4) is 29.0 Å². The van der Waals surface area contributed by atoms with Crippen LogP contribution in [0.3, 0.4) is 0 Å². The van der Waals surface area contributed by atoms with Crippen molar-refractivity contribution >= 4 is 5.65 Å². The van der Waals surface area contributed by atoms with Gasteiger partial charge in [-0.15, -0.1) is 10.2 Å². The first-order valence-corrected chi connectivity index (χ1v) is 6.24. The van der Waals surface area contributed by atoms with E-state index in [4.69, 9.17) is 14.7 Å². The number of aromatic nitrogens is 3. The van der Waals surface area contributed by atoms with Crippen molar-refractivity contribution in [2.45, 2.75) is 0 Å². The molecule has 0 spiro atoms. The van der Waals surface area contributed by atoms with E-state index in [0.29, 0.717) is 28.5 Å². The first-order valence-electron chi connectivity index (χ1n) is 6.24. The van der Waals surface area contributed by atoms with Gasteiger partial charge in [0.05, 0.1) is 25.3 Å². The highest BCUT2D eigenvalue weighted by Crippen LogP contribution is 2.32. The lowest BCUT2D eigenvalue weighted by atomic mass is 10.1. The summed E-state index contributed by atoms with van der Waals surface area (Å²) in [6.45, 7) is 0. The van der Waals surface area contributed by atoms with Crippen LogP contribution in [0.4, 0.5) is 0 Å². The molecule has 0 radical (unpaired) electrons. The minimum atomic E-state index is 0.533. The lowest BCUT2D eigenvalue weighted by Crippen LogP contribution is -1.95. The molecule has 0 aliphatic carbocycles. The summed E-state index contributed by atoms with van der Waals surface area (Å²) < 4.78 is 12.4. The minimum absolute atomic E-state index is 0.533. The molecule has 0 unspecified atom stereocenters. The molecular formula is C15H12N4O2. The van der Waals surface area contributed by atoms with Crippen LogP contribution in [0, 0.1) is 11.3 Å². The molecule has 104 valence electrons. The number of hydrogen-bond donors (Lipinski definition) is 0. The van der Waals surface area contributed by atoms with Crippen molar-refractivity contribution in [3.05, 3.63) is 42.1 Å². The summed E-state index contributed by atoms with van der Waals surface area (Å²) in [5, 5.41) is 17.3. The second-order valence-corrected chi connectivity index (χ2v) is 4.35. The largest absolute Gasteiger partial charge is 0.497 e. The number of rotatable bonds is 3. The van der Waals surface area contributed by atoms with E-state index < -0.39 is 0 Å². The molecule has 3 aromatic rings. The molecular weight excluding hydrogens is 268 g/mol. The van der Waals surface area contributed by atoms with Crippen LogP contribution in [0.25, 0.3) is 17.0 Å². The SMILES string of the molecule is COc1ccc(OC)c(-c2nnc3ccc(C#N)cn23)c1. The minimum Gasteiger partial charge on any atom is -0.497 e. The fraction of sp³-hybridized carbons (Fsp3) is 0.133. The molecule has 2 aromatic heterocycles. The molecule has 0 atom stereocenters. The number of fused-ring (bicyclic) bond motifs is 1. The Morgan fingerprint density at radius 1 is 1.10 bits per heavy atom. The first-order chi connectivity index (χ1) is 10.3. The highest BCUT2D eigenvalue weighted by atomic mass is 16.5. The Hall–Kier alpha value is -3.07. The average molecular weight is 280 g/mol. The summed E-state index contributed by atoms with van der Waals surface area (Å²) in [4.78, 5) is 0. The van der Waals surface area contributed by atoms with Gasteiger partial charge in [0.2, 0.25) is 0 Å². The average Bonchev–Trinajstić information content (AvgIpc) is 2.96. The van der Waals surface area contributed by atoms with E-state index in [1.54, 1.807) is 36.9 Å². The van der Waals surface area contributed by atoms with Crippen LogP contribution in [0.5, 0.6) is 11.5 Å². The Balaban J connectivity index is 2.27. The van der Waals surface area contributed by atoms with Gasteiger partial charge in [-0.2, -0.15) is 5.26 Å². The van der Waals surface area contributed by atoms with Gasteiger partial charge in [0.25, 0.3) is 0 Å². The van der Waals surface area contributed by atoms with Gasteiger partial charge in [-0.05, 0) is 30.3 Å². The molecule has 0 fully saturated rings. The molecule has 1 aromatic carbocycles. The zero-order valence-corrected chi connectivity index (χ0v) is 11.6. The fourth-order valence-electron chi connectivity index (χ4n) is 2.13. The molecule has 0 N–H and O–H groups in total. The predicted octanol–water partition coefficient (Wildman–Crippen LogP) is 2.29. The van der Waals surface area contributed by atoms with Crippen molar-refractivity contribution < 1.29 is 9.47 Å². The topological polar surface area (TPSA) is 72.4 Å². The normalized spacial score (nSPS) is 10.3. The Labute approximate surface area is 121 Å². The van der Waals surface area contributed by atoms with Gasteiger partial charge in [0, 0.05) is 6.20 Å². The fourth-order valence-corrected chi connectivity index (χ4v) is 2.13. The molecule has 6 nitrogen and oxygen atoms in total. The summed E-state index contributed by atoms with van der Waals surface area (Å²) in [5.74, 6) is 1.95. The maximum atomic E-state index is 9.03. The highest BCUT2D eigenvalue weighted by Gasteiger charge is 2.14. The van der Waals surface area contributed by atoms with E-state index in [2.05, 4.69) is 16.3 Å². The van der Waals surface area contributed by atoms with Crippen molar-refractivity contribution in [1.82, 2.24) is 14.6 Å².